The molecule has 17 heavy (non-hydrogen) atoms. The van der Waals surface area contributed by atoms with Crippen LogP contribution in [0.4, 0.5) is 0 Å². The van der Waals surface area contributed by atoms with Crippen LogP contribution in [0, 0.1) is 0 Å². The van der Waals surface area contributed by atoms with E-state index in [1.54, 1.807) is 22.9 Å². The van der Waals surface area contributed by atoms with Crippen molar-refractivity contribution >= 4 is 17.2 Å². The Morgan fingerprint density at radius 2 is 2.47 bits per heavy atom. The van der Waals surface area contributed by atoms with Gasteiger partial charge in [-0.2, -0.15) is 0 Å². The fraction of sp³-hybridized carbons (Fsp3) is 0.500. The number of thiocarbonyl (C=S) groups is 1. The zero-order valence-corrected chi connectivity index (χ0v) is 10.4. The molecule has 2 N–H and O–H groups in total. The Morgan fingerprint density at radius 1 is 1.65 bits per heavy atom. The van der Waals surface area contributed by atoms with E-state index >= 15 is 0 Å². The Bertz CT molecular complexity index is 464. The molecular formula is C12H16N2O2S. The average molecular weight is 252 g/mol. The minimum Gasteiger partial charge on any atom is -0.389 e. The van der Waals surface area contributed by atoms with Crippen LogP contribution in [0.1, 0.15) is 24.8 Å². The lowest BCUT2D eigenvalue weighted by atomic mass is 10.2. The lowest BCUT2D eigenvalue weighted by Crippen LogP contribution is -2.29. The third-order valence-corrected chi connectivity index (χ3v) is 3.22. The minimum atomic E-state index is -0.113. The summed E-state index contributed by atoms with van der Waals surface area (Å²) in [5.41, 5.74) is 5.79. The predicted molar refractivity (Wildman–Crippen MR) is 70.2 cm³/mol. The number of nitrogens with zero attached hydrogens (tertiary/aromatic N) is 1. The fourth-order valence-corrected chi connectivity index (χ4v) is 2.21. The highest BCUT2D eigenvalue weighted by Gasteiger charge is 2.15. The molecule has 1 aromatic rings. The van der Waals surface area contributed by atoms with Gasteiger partial charge in [0, 0.05) is 19.3 Å². The van der Waals surface area contributed by atoms with Gasteiger partial charge in [0.05, 0.1) is 11.7 Å². The van der Waals surface area contributed by atoms with E-state index in [1.807, 2.05) is 0 Å². The molecule has 5 heteroatoms. The van der Waals surface area contributed by atoms with E-state index in [0.29, 0.717) is 12.1 Å². The lowest BCUT2D eigenvalue weighted by Gasteiger charge is -2.11. The normalized spacial score (nSPS) is 19.4. The Balaban J connectivity index is 2.07. The largest absolute Gasteiger partial charge is 0.389 e. The van der Waals surface area contributed by atoms with Crippen LogP contribution < -0.4 is 11.3 Å². The third-order valence-electron chi connectivity index (χ3n) is 3.00. The summed E-state index contributed by atoms with van der Waals surface area (Å²) in [6.45, 7) is 1.49. The summed E-state index contributed by atoms with van der Waals surface area (Å²) in [4.78, 5) is 12.1. The molecule has 92 valence electrons. The number of hydrogen-bond donors (Lipinski definition) is 1. The van der Waals surface area contributed by atoms with Crippen LogP contribution in [0.5, 0.6) is 0 Å². The van der Waals surface area contributed by atoms with E-state index in [-0.39, 0.29) is 16.7 Å². The van der Waals surface area contributed by atoms with E-state index in [9.17, 15) is 4.79 Å². The number of aryl methyl sites for hydroxylation is 1. The van der Waals surface area contributed by atoms with Crippen molar-refractivity contribution in [2.24, 2.45) is 5.73 Å². The van der Waals surface area contributed by atoms with Crippen molar-refractivity contribution in [2.75, 3.05) is 6.61 Å². The molecule has 0 aromatic carbocycles. The molecule has 1 aromatic heterocycles. The molecule has 1 saturated heterocycles. The van der Waals surface area contributed by atoms with E-state index in [4.69, 9.17) is 22.7 Å². The Kier molecular flexibility index (Phi) is 3.91. The summed E-state index contributed by atoms with van der Waals surface area (Å²) in [6, 6.07) is 3.46. The predicted octanol–water partition coefficient (Wildman–Crippen LogP) is 1.05. The molecule has 1 aliphatic rings. The van der Waals surface area contributed by atoms with Gasteiger partial charge in [-0.3, -0.25) is 4.79 Å². The second-order valence-corrected chi connectivity index (χ2v) is 4.65. The maximum atomic E-state index is 12.0. The zero-order chi connectivity index (χ0) is 12.3. The summed E-state index contributed by atoms with van der Waals surface area (Å²) >= 11 is 4.84. The summed E-state index contributed by atoms with van der Waals surface area (Å²) in [5, 5.41) is 0. The molecule has 1 unspecified atom stereocenters. The number of hydrogen-bond acceptors (Lipinski definition) is 3. The number of pyridine rings is 1. The Hall–Kier alpha value is -1.20. The van der Waals surface area contributed by atoms with Crippen LogP contribution in [0.2, 0.25) is 0 Å². The maximum absolute atomic E-state index is 12.0. The van der Waals surface area contributed by atoms with Crippen molar-refractivity contribution in [3.63, 3.8) is 0 Å². The Labute approximate surface area is 105 Å². The monoisotopic (exact) mass is 252 g/mol. The molecular weight excluding hydrogens is 236 g/mol. The maximum Gasteiger partial charge on any atom is 0.260 e. The van der Waals surface area contributed by atoms with Crippen LogP contribution >= 0.6 is 12.2 Å². The van der Waals surface area contributed by atoms with Crippen molar-refractivity contribution < 1.29 is 4.74 Å². The van der Waals surface area contributed by atoms with Crippen molar-refractivity contribution in [1.29, 1.82) is 0 Å². The van der Waals surface area contributed by atoms with Crippen molar-refractivity contribution in [1.82, 2.24) is 4.57 Å². The first-order valence-electron chi connectivity index (χ1n) is 5.79. The van der Waals surface area contributed by atoms with Crippen molar-refractivity contribution in [3.05, 3.63) is 34.2 Å². The van der Waals surface area contributed by atoms with Crippen LogP contribution in [0.15, 0.2) is 23.1 Å². The molecule has 0 aliphatic carbocycles. The third kappa shape index (κ3) is 2.92. The molecule has 0 amide bonds. The SMILES string of the molecule is NC(=S)c1cccn(CCC2CCCO2)c1=O. The van der Waals surface area contributed by atoms with Gasteiger partial charge in [-0.05, 0) is 31.4 Å². The minimum absolute atomic E-state index is 0.113. The molecule has 1 atom stereocenters. The van der Waals surface area contributed by atoms with Gasteiger partial charge in [0.25, 0.3) is 5.56 Å². The molecule has 0 bridgehead atoms. The quantitative estimate of drug-likeness (QED) is 0.814. The van der Waals surface area contributed by atoms with Crippen molar-refractivity contribution in [3.8, 4) is 0 Å². The molecule has 1 fully saturated rings. The topological polar surface area (TPSA) is 57.2 Å². The summed E-state index contributed by atoms with van der Waals surface area (Å²) < 4.78 is 7.18. The van der Waals surface area contributed by atoms with Gasteiger partial charge in [-0.15, -0.1) is 0 Å². The highest BCUT2D eigenvalue weighted by atomic mass is 32.1. The summed E-state index contributed by atoms with van der Waals surface area (Å²) in [5.74, 6) is 0. The first-order chi connectivity index (χ1) is 8.18. The van der Waals surface area contributed by atoms with E-state index in [2.05, 4.69) is 0 Å². The molecule has 0 radical (unpaired) electrons. The van der Waals surface area contributed by atoms with Gasteiger partial charge in [-0.25, -0.2) is 0 Å². The standard InChI is InChI=1S/C12H16N2O2S/c13-11(17)10-4-1-6-14(12(10)15)7-5-9-3-2-8-16-9/h1,4,6,9H,2-3,5,7-8H2,(H2,13,17). The smallest absolute Gasteiger partial charge is 0.260 e. The molecule has 1 aliphatic heterocycles. The van der Waals surface area contributed by atoms with Gasteiger partial charge in [0.2, 0.25) is 0 Å². The Morgan fingerprint density at radius 3 is 3.12 bits per heavy atom. The highest BCUT2D eigenvalue weighted by molar-refractivity contribution is 7.80. The van der Waals surface area contributed by atoms with Crippen LogP contribution in [0.25, 0.3) is 0 Å². The molecule has 0 saturated carbocycles. The zero-order valence-electron chi connectivity index (χ0n) is 9.59. The van der Waals surface area contributed by atoms with Crippen LogP contribution in [0.3, 0.4) is 0 Å². The molecule has 4 nitrogen and oxygen atoms in total. The fourth-order valence-electron chi connectivity index (χ4n) is 2.06. The van der Waals surface area contributed by atoms with Crippen molar-refractivity contribution in [2.45, 2.75) is 31.9 Å². The lowest BCUT2D eigenvalue weighted by molar-refractivity contribution is 0.100. The van der Waals surface area contributed by atoms with Gasteiger partial charge in [-0.1, -0.05) is 12.2 Å². The second kappa shape index (κ2) is 5.42. The highest BCUT2D eigenvalue weighted by Crippen LogP contribution is 2.15. The number of nitrogens with two attached hydrogens (primary N) is 1. The number of rotatable bonds is 4. The number of aromatic nitrogens is 1. The second-order valence-electron chi connectivity index (χ2n) is 4.21. The van der Waals surface area contributed by atoms with Gasteiger partial charge < -0.3 is 15.0 Å². The average Bonchev–Trinajstić information content (AvgIpc) is 2.80. The van der Waals surface area contributed by atoms with Crippen LogP contribution in [-0.4, -0.2) is 22.3 Å². The summed E-state index contributed by atoms with van der Waals surface area (Å²) in [6.07, 6.45) is 5.12. The van der Waals surface area contributed by atoms with Gasteiger partial charge in [0.15, 0.2) is 0 Å². The molecule has 0 spiro atoms. The summed E-state index contributed by atoms with van der Waals surface area (Å²) in [7, 11) is 0. The first-order valence-corrected chi connectivity index (χ1v) is 6.20. The molecule has 2 heterocycles. The van der Waals surface area contributed by atoms with E-state index in [1.165, 1.54) is 0 Å². The van der Waals surface area contributed by atoms with Gasteiger partial charge >= 0.3 is 0 Å². The molecule has 2 rings (SSSR count). The van der Waals surface area contributed by atoms with E-state index < -0.39 is 0 Å². The van der Waals surface area contributed by atoms with Crippen LogP contribution in [-0.2, 0) is 11.3 Å². The van der Waals surface area contributed by atoms with E-state index in [0.717, 1.165) is 25.9 Å². The van der Waals surface area contributed by atoms with Gasteiger partial charge in [0.1, 0.15) is 4.99 Å². The number of ether oxygens (including phenoxy) is 1. The first kappa shape index (κ1) is 12.3.